The van der Waals surface area contributed by atoms with Crippen molar-refractivity contribution in [1.82, 2.24) is 9.12 Å². The van der Waals surface area contributed by atoms with Crippen molar-refractivity contribution in [2.45, 2.75) is 6.61 Å². The molecule has 0 saturated heterocycles. The van der Waals surface area contributed by atoms with Gasteiger partial charge in [-0.25, -0.2) is 13.1 Å². The fourth-order valence-electron chi connectivity index (χ4n) is 2.57. The molecule has 0 fully saturated rings. The standard InChI is InChI=1S/C20H17N3O4S/c21-12-18-17(14-23-10-5-4-8-19(18)23)15-27-20(24)13-22-28(25,26)11-9-16-6-2-1-3-7-16/h1-11,14,22H,13,15H2/b11-9+. The number of pyridine rings is 1. The maximum atomic E-state index is 11.9. The van der Waals surface area contributed by atoms with E-state index in [1.165, 1.54) is 6.08 Å². The molecule has 3 aromatic rings. The van der Waals surface area contributed by atoms with Crippen LogP contribution in [0.4, 0.5) is 0 Å². The highest BCUT2D eigenvalue weighted by Crippen LogP contribution is 2.18. The van der Waals surface area contributed by atoms with Crippen molar-refractivity contribution in [1.29, 1.82) is 5.26 Å². The Kier molecular flexibility index (Phi) is 5.89. The number of nitrogens with one attached hydrogen (secondary N) is 1. The van der Waals surface area contributed by atoms with E-state index in [0.29, 0.717) is 16.6 Å². The molecular weight excluding hydrogens is 378 g/mol. The zero-order valence-electron chi connectivity index (χ0n) is 14.8. The Hall–Kier alpha value is -3.41. The van der Waals surface area contributed by atoms with Gasteiger partial charge < -0.3 is 9.14 Å². The van der Waals surface area contributed by atoms with Gasteiger partial charge in [-0.05, 0) is 23.8 Å². The van der Waals surface area contributed by atoms with Gasteiger partial charge in [0.15, 0.2) is 0 Å². The Morgan fingerprint density at radius 1 is 1.18 bits per heavy atom. The molecule has 1 N–H and O–H groups in total. The summed E-state index contributed by atoms with van der Waals surface area (Å²) in [6.45, 7) is -0.623. The first-order valence-electron chi connectivity index (χ1n) is 8.35. The highest BCUT2D eigenvalue weighted by molar-refractivity contribution is 7.92. The monoisotopic (exact) mass is 395 g/mol. The average Bonchev–Trinajstić information content (AvgIpc) is 3.07. The summed E-state index contributed by atoms with van der Waals surface area (Å²) in [5, 5.41) is 10.3. The molecule has 142 valence electrons. The molecule has 0 amide bonds. The summed E-state index contributed by atoms with van der Waals surface area (Å²) < 4.78 is 32.9. The molecule has 0 bridgehead atoms. The lowest BCUT2D eigenvalue weighted by molar-refractivity contribution is -0.143. The van der Waals surface area contributed by atoms with E-state index in [0.717, 1.165) is 11.0 Å². The molecule has 0 aliphatic carbocycles. The summed E-state index contributed by atoms with van der Waals surface area (Å²) in [4.78, 5) is 11.9. The Morgan fingerprint density at radius 3 is 2.68 bits per heavy atom. The van der Waals surface area contributed by atoms with Gasteiger partial charge in [-0.3, -0.25) is 4.79 Å². The second-order valence-corrected chi connectivity index (χ2v) is 7.53. The van der Waals surface area contributed by atoms with E-state index in [-0.39, 0.29) is 6.61 Å². The van der Waals surface area contributed by atoms with Crippen molar-refractivity contribution >= 4 is 27.6 Å². The van der Waals surface area contributed by atoms with Crippen LogP contribution >= 0.6 is 0 Å². The third-order valence-electron chi connectivity index (χ3n) is 3.92. The molecule has 0 aliphatic heterocycles. The van der Waals surface area contributed by atoms with Crippen molar-refractivity contribution in [2.24, 2.45) is 0 Å². The fourth-order valence-corrected chi connectivity index (χ4v) is 3.32. The average molecular weight is 395 g/mol. The van der Waals surface area contributed by atoms with Gasteiger partial charge in [0.25, 0.3) is 0 Å². The second-order valence-electron chi connectivity index (χ2n) is 5.87. The Bertz CT molecular complexity index is 1160. The molecule has 28 heavy (non-hydrogen) atoms. The van der Waals surface area contributed by atoms with E-state index >= 15 is 0 Å². The minimum atomic E-state index is -3.78. The van der Waals surface area contributed by atoms with Gasteiger partial charge in [0, 0.05) is 23.4 Å². The van der Waals surface area contributed by atoms with Crippen molar-refractivity contribution in [3.05, 3.63) is 83.0 Å². The molecule has 8 heteroatoms. The van der Waals surface area contributed by atoms with E-state index in [4.69, 9.17) is 4.74 Å². The molecule has 0 radical (unpaired) electrons. The Morgan fingerprint density at radius 2 is 1.93 bits per heavy atom. The number of carbonyl (C=O) groups excluding carboxylic acids is 1. The molecule has 7 nitrogen and oxygen atoms in total. The quantitative estimate of drug-likeness (QED) is 0.619. The number of rotatable bonds is 7. The zero-order valence-corrected chi connectivity index (χ0v) is 15.6. The van der Waals surface area contributed by atoms with Crippen LogP contribution in [0.15, 0.2) is 66.3 Å². The smallest absolute Gasteiger partial charge is 0.321 e. The van der Waals surface area contributed by atoms with Gasteiger partial charge in [-0.1, -0.05) is 36.4 Å². The van der Waals surface area contributed by atoms with Crippen LogP contribution in [-0.4, -0.2) is 25.3 Å². The number of hydrogen-bond donors (Lipinski definition) is 1. The zero-order chi connectivity index (χ0) is 20.0. The first-order chi connectivity index (χ1) is 13.5. The van der Waals surface area contributed by atoms with Gasteiger partial charge in [0.1, 0.15) is 19.2 Å². The van der Waals surface area contributed by atoms with Gasteiger partial charge in [0.05, 0.1) is 11.1 Å². The summed E-state index contributed by atoms with van der Waals surface area (Å²) in [6.07, 6.45) is 4.92. The van der Waals surface area contributed by atoms with Gasteiger partial charge in [-0.2, -0.15) is 5.26 Å². The summed E-state index contributed by atoms with van der Waals surface area (Å²) >= 11 is 0. The maximum absolute atomic E-state index is 11.9. The van der Waals surface area contributed by atoms with Crippen LogP contribution in [0.25, 0.3) is 11.6 Å². The fraction of sp³-hybridized carbons (Fsp3) is 0.100. The number of hydrogen-bond acceptors (Lipinski definition) is 5. The number of aromatic nitrogens is 1. The van der Waals surface area contributed by atoms with Crippen LogP contribution in [-0.2, 0) is 26.2 Å². The molecule has 0 aliphatic rings. The number of carbonyl (C=O) groups is 1. The van der Waals surface area contributed by atoms with Crippen LogP contribution in [0.5, 0.6) is 0 Å². The molecule has 2 aromatic heterocycles. The molecule has 0 atom stereocenters. The number of nitriles is 1. The number of fused-ring (bicyclic) bond motifs is 1. The number of ether oxygens (including phenoxy) is 1. The molecule has 0 spiro atoms. The number of benzene rings is 1. The van der Waals surface area contributed by atoms with E-state index in [2.05, 4.69) is 10.8 Å². The van der Waals surface area contributed by atoms with Crippen LogP contribution in [0.1, 0.15) is 16.7 Å². The van der Waals surface area contributed by atoms with E-state index in [1.807, 2.05) is 18.2 Å². The molecule has 0 saturated carbocycles. The Labute approximate surface area is 162 Å². The molecule has 2 heterocycles. The third kappa shape index (κ3) is 4.85. The molecular formula is C20H17N3O4S. The van der Waals surface area contributed by atoms with Crippen molar-refractivity contribution in [3.63, 3.8) is 0 Å². The topological polar surface area (TPSA) is 101 Å². The number of nitrogens with zero attached hydrogens (tertiary/aromatic N) is 2. The highest BCUT2D eigenvalue weighted by Gasteiger charge is 2.14. The van der Waals surface area contributed by atoms with Crippen molar-refractivity contribution in [2.75, 3.05) is 6.54 Å². The lowest BCUT2D eigenvalue weighted by atomic mass is 10.2. The Balaban J connectivity index is 1.56. The highest BCUT2D eigenvalue weighted by atomic mass is 32.2. The first-order valence-corrected chi connectivity index (χ1v) is 9.90. The van der Waals surface area contributed by atoms with Crippen LogP contribution < -0.4 is 4.72 Å². The predicted molar refractivity (Wildman–Crippen MR) is 104 cm³/mol. The van der Waals surface area contributed by atoms with Crippen molar-refractivity contribution < 1.29 is 17.9 Å². The van der Waals surface area contributed by atoms with Gasteiger partial charge in [-0.15, -0.1) is 0 Å². The van der Waals surface area contributed by atoms with Gasteiger partial charge in [0.2, 0.25) is 10.0 Å². The largest absolute Gasteiger partial charge is 0.460 e. The molecule has 3 rings (SSSR count). The van der Waals surface area contributed by atoms with Crippen LogP contribution in [0.3, 0.4) is 0 Å². The minimum Gasteiger partial charge on any atom is -0.460 e. The van der Waals surface area contributed by atoms with Crippen molar-refractivity contribution in [3.8, 4) is 6.07 Å². The lowest BCUT2D eigenvalue weighted by Gasteiger charge is -2.05. The molecule has 1 aromatic carbocycles. The molecule has 0 unspecified atom stereocenters. The summed E-state index contributed by atoms with van der Waals surface area (Å²) in [7, 11) is -3.78. The summed E-state index contributed by atoms with van der Waals surface area (Å²) in [5.74, 6) is -0.740. The summed E-state index contributed by atoms with van der Waals surface area (Å²) in [6, 6.07) is 16.4. The predicted octanol–water partition coefficient (Wildman–Crippen LogP) is 2.44. The summed E-state index contributed by atoms with van der Waals surface area (Å²) in [5.41, 5.74) is 2.40. The first kappa shape index (κ1) is 19.4. The van der Waals surface area contributed by atoms with Crippen LogP contribution in [0.2, 0.25) is 0 Å². The number of sulfonamides is 1. The normalized spacial score (nSPS) is 11.5. The number of esters is 1. The maximum Gasteiger partial charge on any atom is 0.321 e. The van der Waals surface area contributed by atoms with E-state index in [9.17, 15) is 18.5 Å². The van der Waals surface area contributed by atoms with Crippen LogP contribution in [0, 0.1) is 11.3 Å². The second kappa shape index (κ2) is 8.52. The van der Waals surface area contributed by atoms with Gasteiger partial charge >= 0.3 is 5.97 Å². The SMILES string of the molecule is N#Cc1c(COC(=O)CNS(=O)(=O)/C=C/c2ccccc2)cn2ccccc12. The third-order valence-corrected chi connectivity index (χ3v) is 4.96. The minimum absolute atomic E-state index is 0.120. The van der Waals surface area contributed by atoms with E-state index < -0.39 is 22.5 Å². The lowest BCUT2D eigenvalue weighted by Crippen LogP contribution is -2.29. The van der Waals surface area contributed by atoms with E-state index in [1.54, 1.807) is 47.1 Å².